The second-order valence-electron chi connectivity index (χ2n) is 4.79. The molecule has 0 aliphatic carbocycles. The highest BCUT2D eigenvalue weighted by Gasteiger charge is 2.20. The fourth-order valence-corrected chi connectivity index (χ4v) is 3.20. The molecule has 0 amide bonds. The van der Waals surface area contributed by atoms with E-state index in [1.807, 2.05) is 6.07 Å². The number of hydrogen-bond acceptors (Lipinski definition) is 5. The summed E-state index contributed by atoms with van der Waals surface area (Å²) in [6.45, 7) is 1.50. The van der Waals surface area contributed by atoms with E-state index in [1.54, 1.807) is 24.3 Å². The van der Waals surface area contributed by atoms with E-state index in [4.69, 9.17) is 4.42 Å². The topological polar surface area (TPSA) is 85.1 Å². The van der Waals surface area contributed by atoms with E-state index in [1.165, 1.54) is 13.0 Å². The van der Waals surface area contributed by atoms with Crippen LogP contribution in [0.4, 0.5) is 10.4 Å². The lowest BCUT2D eigenvalue weighted by Crippen LogP contribution is -2.14. The molecule has 1 heterocycles. The SMILES string of the molecule is Cc1cc(F)ccc1S(=O)(=O)Nc1nnc(-c2ccccc2)o1. The average Bonchev–Trinajstić information content (AvgIpc) is 2.95. The summed E-state index contributed by atoms with van der Waals surface area (Å²) in [5, 5.41) is 7.47. The Morgan fingerprint density at radius 1 is 1.09 bits per heavy atom. The predicted molar refractivity (Wildman–Crippen MR) is 81.7 cm³/mol. The molecule has 8 heteroatoms. The number of nitrogens with one attached hydrogen (secondary N) is 1. The molecule has 0 saturated heterocycles. The number of sulfonamides is 1. The molecule has 0 radical (unpaired) electrons. The van der Waals surface area contributed by atoms with Crippen molar-refractivity contribution >= 4 is 16.0 Å². The van der Waals surface area contributed by atoms with Gasteiger partial charge in [0.25, 0.3) is 10.0 Å². The summed E-state index contributed by atoms with van der Waals surface area (Å²) in [6, 6.07) is 12.1. The Bertz CT molecular complexity index is 940. The molecule has 3 aromatic rings. The lowest BCUT2D eigenvalue weighted by atomic mass is 10.2. The van der Waals surface area contributed by atoms with E-state index in [0.717, 1.165) is 12.1 Å². The number of anilines is 1. The maximum absolute atomic E-state index is 13.1. The van der Waals surface area contributed by atoms with Crippen molar-refractivity contribution in [2.24, 2.45) is 0 Å². The molecule has 1 aromatic heterocycles. The standard InChI is InChI=1S/C15H12FN3O3S/c1-10-9-12(16)7-8-13(10)23(20,21)19-15-18-17-14(22-15)11-5-3-2-4-6-11/h2-9H,1H3,(H,18,19). The third kappa shape index (κ3) is 3.21. The van der Waals surface area contributed by atoms with Gasteiger partial charge in [-0.25, -0.2) is 17.5 Å². The molecule has 23 heavy (non-hydrogen) atoms. The number of halogens is 1. The third-order valence-electron chi connectivity index (χ3n) is 3.09. The second-order valence-corrected chi connectivity index (χ2v) is 6.44. The number of hydrogen-bond donors (Lipinski definition) is 1. The molecule has 0 unspecified atom stereocenters. The van der Waals surface area contributed by atoms with Crippen LogP contribution in [0.15, 0.2) is 57.8 Å². The van der Waals surface area contributed by atoms with Crippen LogP contribution in [0.5, 0.6) is 0 Å². The Morgan fingerprint density at radius 3 is 2.52 bits per heavy atom. The van der Waals surface area contributed by atoms with Gasteiger partial charge in [-0.3, -0.25) is 0 Å². The van der Waals surface area contributed by atoms with Crippen LogP contribution in [-0.4, -0.2) is 18.6 Å². The first kappa shape index (κ1) is 15.2. The number of rotatable bonds is 4. The minimum absolute atomic E-state index is 0.0571. The van der Waals surface area contributed by atoms with Crippen LogP contribution in [0.1, 0.15) is 5.56 Å². The van der Waals surface area contributed by atoms with Gasteiger partial charge in [-0.2, -0.15) is 0 Å². The van der Waals surface area contributed by atoms with Crippen molar-refractivity contribution in [3.05, 3.63) is 59.9 Å². The van der Waals surface area contributed by atoms with Crippen LogP contribution in [0.2, 0.25) is 0 Å². The van der Waals surface area contributed by atoms with Gasteiger partial charge in [-0.1, -0.05) is 23.3 Å². The van der Waals surface area contributed by atoms with Crippen molar-refractivity contribution in [1.29, 1.82) is 0 Å². The van der Waals surface area contributed by atoms with Crippen LogP contribution in [0, 0.1) is 12.7 Å². The number of nitrogens with zero attached hydrogens (tertiary/aromatic N) is 2. The molecule has 0 atom stereocenters. The first-order valence-electron chi connectivity index (χ1n) is 6.63. The van der Waals surface area contributed by atoms with Gasteiger partial charge in [0.1, 0.15) is 5.82 Å². The van der Waals surface area contributed by atoms with Gasteiger partial charge >= 0.3 is 6.01 Å². The molecular formula is C15H12FN3O3S. The number of aromatic nitrogens is 2. The minimum Gasteiger partial charge on any atom is -0.403 e. The maximum Gasteiger partial charge on any atom is 0.330 e. The molecule has 0 saturated carbocycles. The summed E-state index contributed by atoms with van der Waals surface area (Å²) in [5.41, 5.74) is 0.948. The molecule has 1 N–H and O–H groups in total. The molecule has 0 aliphatic heterocycles. The highest BCUT2D eigenvalue weighted by Crippen LogP contribution is 2.22. The second kappa shape index (κ2) is 5.81. The van der Waals surface area contributed by atoms with Crippen molar-refractivity contribution in [1.82, 2.24) is 10.2 Å². The van der Waals surface area contributed by atoms with Crippen LogP contribution in [-0.2, 0) is 10.0 Å². The zero-order valence-electron chi connectivity index (χ0n) is 12.0. The van der Waals surface area contributed by atoms with Crippen molar-refractivity contribution < 1.29 is 17.2 Å². The quantitative estimate of drug-likeness (QED) is 0.793. The smallest absolute Gasteiger partial charge is 0.330 e. The molecule has 0 fully saturated rings. The number of aryl methyl sites for hydroxylation is 1. The molecule has 3 rings (SSSR count). The van der Waals surface area contributed by atoms with Gasteiger partial charge in [-0.05, 0) is 42.8 Å². The maximum atomic E-state index is 13.1. The highest BCUT2D eigenvalue weighted by molar-refractivity contribution is 7.92. The van der Waals surface area contributed by atoms with Gasteiger partial charge in [0.15, 0.2) is 0 Å². The molecular weight excluding hydrogens is 321 g/mol. The summed E-state index contributed by atoms with van der Waals surface area (Å²) < 4.78 is 45.2. The zero-order valence-corrected chi connectivity index (χ0v) is 12.8. The average molecular weight is 333 g/mol. The summed E-state index contributed by atoms with van der Waals surface area (Å²) in [7, 11) is -3.94. The molecule has 118 valence electrons. The molecule has 2 aromatic carbocycles. The largest absolute Gasteiger partial charge is 0.403 e. The van der Waals surface area contributed by atoms with Crippen LogP contribution < -0.4 is 4.72 Å². The normalized spacial score (nSPS) is 11.4. The summed E-state index contributed by atoms with van der Waals surface area (Å²) >= 11 is 0. The van der Waals surface area contributed by atoms with E-state index in [2.05, 4.69) is 14.9 Å². The van der Waals surface area contributed by atoms with Gasteiger partial charge in [0.2, 0.25) is 5.89 Å². The summed E-state index contributed by atoms with van der Waals surface area (Å²) in [4.78, 5) is -0.0571. The monoisotopic (exact) mass is 333 g/mol. The molecule has 0 spiro atoms. The van der Waals surface area contributed by atoms with E-state index in [-0.39, 0.29) is 22.4 Å². The Hall–Kier alpha value is -2.74. The van der Waals surface area contributed by atoms with E-state index in [0.29, 0.717) is 5.56 Å². The van der Waals surface area contributed by atoms with Gasteiger partial charge in [0, 0.05) is 5.56 Å². The van der Waals surface area contributed by atoms with Crippen LogP contribution in [0.25, 0.3) is 11.5 Å². The number of benzene rings is 2. The summed E-state index contributed by atoms with van der Waals surface area (Å²) in [6.07, 6.45) is 0. The van der Waals surface area contributed by atoms with Gasteiger partial charge in [0.05, 0.1) is 4.90 Å². The minimum atomic E-state index is -3.94. The first-order chi connectivity index (χ1) is 11.0. The van der Waals surface area contributed by atoms with Crippen molar-refractivity contribution in [3.8, 4) is 11.5 Å². The lowest BCUT2D eigenvalue weighted by Gasteiger charge is -2.07. The van der Waals surface area contributed by atoms with Crippen molar-refractivity contribution in [2.45, 2.75) is 11.8 Å². The van der Waals surface area contributed by atoms with E-state index >= 15 is 0 Å². The van der Waals surface area contributed by atoms with Crippen molar-refractivity contribution in [3.63, 3.8) is 0 Å². The molecule has 0 aliphatic rings. The Morgan fingerprint density at radius 2 is 1.83 bits per heavy atom. The zero-order chi connectivity index (χ0) is 16.4. The van der Waals surface area contributed by atoms with Gasteiger partial charge in [-0.15, -0.1) is 5.10 Å². The fraction of sp³-hybridized carbons (Fsp3) is 0.0667. The highest BCUT2D eigenvalue weighted by atomic mass is 32.2. The van der Waals surface area contributed by atoms with Crippen molar-refractivity contribution in [2.75, 3.05) is 4.72 Å². The van der Waals surface area contributed by atoms with Gasteiger partial charge < -0.3 is 4.42 Å². The summed E-state index contributed by atoms with van der Waals surface area (Å²) in [5.74, 6) is -0.315. The molecule has 0 bridgehead atoms. The van der Waals surface area contributed by atoms with Crippen LogP contribution in [0.3, 0.4) is 0 Å². The van der Waals surface area contributed by atoms with E-state index in [9.17, 15) is 12.8 Å². The first-order valence-corrected chi connectivity index (χ1v) is 8.12. The fourth-order valence-electron chi connectivity index (χ4n) is 2.05. The Kier molecular flexibility index (Phi) is 3.83. The Labute approximate surface area is 132 Å². The third-order valence-corrected chi connectivity index (χ3v) is 4.57. The lowest BCUT2D eigenvalue weighted by molar-refractivity contribution is 0.577. The molecule has 6 nitrogen and oxygen atoms in total. The van der Waals surface area contributed by atoms with E-state index < -0.39 is 15.8 Å². The Balaban J connectivity index is 1.88. The predicted octanol–water partition coefficient (Wildman–Crippen LogP) is 2.98. The van der Waals surface area contributed by atoms with Crippen LogP contribution >= 0.6 is 0 Å².